The van der Waals surface area contributed by atoms with Gasteiger partial charge in [-0.05, 0) is 55.9 Å². The quantitative estimate of drug-likeness (QED) is 0.824. The number of thioether (sulfide) groups is 1. The van der Waals surface area contributed by atoms with Gasteiger partial charge >= 0.3 is 0 Å². The Morgan fingerprint density at radius 1 is 1.11 bits per heavy atom. The molecule has 1 atom stereocenters. The lowest BCUT2D eigenvalue weighted by Crippen LogP contribution is -2.39. The summed E-state index contributed by atoms with van der Waals surface area (Å²) in [4.78, 5) is 12.9. The molecule has 2 aromatic rings. The number of carbonyl (C=O) groups excluding carboxylic acids is 1. The number of anilines is 1. The molecular weight excluding hydrogens is 392 g/mol. The number of amides is 1. The van der Waals surface area contributed by atoms with Crippen LogP contribution in [0.15, 0.2) is 58.3 Å². The summed E-state index contributed by atoms with van der Waals surface area (Å²) >= 11 is 1.40. The predicted molar refractivity (Wildman–Crippen MR) is 112 cm³/mol. The van der Waals surface area contributed by atoms with Crippen molar-refractivity contribution in [2.75, 3.05) is 18.4 Å². The Kier molecular flexibility index (Phi) is 5.49. The summed E-state index contributed by atoms with van der Waals surface area (Å²) in [5, 5.41) is 2.61. The van der Waals surface area contributed by atoms with E-state index in [0.717, 1.165) is 24.2 Å². The Hall–Kier alpha value is -1.83. The number of carbonyl (C=O) groups is 1. The van der Waals surface area contributed by atoms with Gasteiger partial charge in [-0.1, -0.05) is 30.3 Å². The van der Waals surface area contributed by atoms with Crippen molar-refractivity contribution < 1.29 is 13.2 Å². The summed E-state index contributed by atoms with van der Waals surface area (Å²) < 4.78 is 27.8. The third-order valence-corrected chi connectivity index (χ3v) is 8.52. The molecule has 28 heavy (non-hydrogen) atoms. The van der Waals surface area contributed by atoms with Crippen molar-refractivity contribution in [1.82, 2.24) is 4.31 Å². The number of hydrogen-bond donors (Lipinski definition) is 1. The first-order valence-corrected chi connectivity index (χ1v) is 11.9. The van der Waals surface area contributed by atoms with Crippen molar-refractivity contribution in [3.05, 3.63) is 54.1 Å². The molecule has 1 amide bonds. The Morgan fingerprint density at radius 2 is 1.82 bits per heavy atom. The van der Waals surface area contributed by atoms with Gasteiger partial charge in [-0.2, -0.15) is 4.31 Å². The van der Waals surface area contributed by atoms with Gasteiger partial charge < -0.3 is 5.32 Å². The number of fused-ring (bicyclic) bond motifs is 1. The van der Waals surface area contributed by atoms with Gasteiger partial charge in [-0.3, -0.25) is 4.79 Å². The molecule has 0 aromatic heterocycles. The zero-order valence-corrected chi connectivity index (χ0v) is 17.4. The van der Waals surface area contributed by atoms with Crippen LogP contribution in [-0.4, -0.2) is 37.0 Å². The van der Waals surface area contributed by atoms with E-state index in [1.54, 1.807) is 22.5 Å². The monoisotopic (exact) mass is 416 g/mol. The molecule has 2 aliphatic heterocycles. The van der Waals surface area contributed by atoms with Crippen LogP contribution in [0.2, 0.25) is 0 Å². The highest BCUT2D eigenvalue weighted by Crippen LogP contribution is 2.37. The minimum Gasteiger partial charge on any atom is -0.324 e. The van der Waals surface area contributed by atoms with E-state index in [1.807, 2.05) is 25.1 Å². The second-order valence-electron chi connectivity index (χ2n) is 7.44. The molecule has 0 bridgehead atoms. The molecular formula is C21H24N2O3S2. The molecule has 2 aliphatic rings. The van der Waals surface area contributed by atoms with Crippen LogP contribution in [0, 0.1) is 5.92 Å². The van der Waals surface area contributed by atoms with Crippen molar-refractivity contribution in [2.24, 2.45) is 5.92 Å². The molecule has 5 nitrogen and oxygen atoms in total. The molecule has 0 radical (unpaired) electrons. The fourth-order valence-electron chi connectivity index (χ4n) is 3.79. The third-order valence-electron chi connectivity index (χ3n) is 5.46. The van der Waals surface area contributed by atoms with Crippen LogP contribution in [0.25, 0.3) is 0 Å². The number of sulfonamides is 1. The van der Waals surface area contributed by atoms with Crippen LogP contribution in [0.3, 0.4) is 0 Å². The van der Waals surface area contributed by atoms with E-state index >= 15 is 0 Å². The summed E-state index contributed by atoms with van der Waals surface area (Å²) in [7, 11) is -3.52. The molecule has 4 rings (SSSR count). The van der Waals surface area contributed by atoms with Crippen LogP contribution >= 0.6 is 11.8 Å². The Morgan fingerprint density at radius 3 is 2.54 bits per heavy atom. The second kappa shape index (κ2) is 7.89. The van der Waals surface area contributed by atoms with Gasteiger partial charge in [0.05, 0.1) is 15.8 Å². The summed E-state index contributed by atoms with van der Waals surface area (Å²) in [6.07, 6.45) is 2.75. The number of hydrogen-bond acceptors (Lipinski definition) is 4. The van der Waals surface area contributed by atoms with Crippen LogP contribution in [0.1, 0.15) is 25.3 Å². The molecule has 1 N–H and O–H groups in total. The Labute approximate surface area is 170 Å². The van der Waals surface area contributed by atoms with Crippen molar-refractivity contribution in [1.29, 1.82) is 0 Å². The van der Waals surface area contributed by atoms with Crippen molar-refractivity contribution in [3.63, 3.8) is 0 Å². The van der Waals surface area contributed by atoms with E-state index in [0.29, 0.717) is 29.6 Å². The molecule has 1 fully saturated rings. The van der Waals surface area contributed by atoms with Gasteiger partial charge in [0.2, 0.25) is 15.9 Å². The number of nitrogens with one attached hydrogen (secondary N) is 1. The highest BCUT2D eigenvalue weighted by molar-refractivity contribution is 8.01. The lowest BCUT2D eigenvalue weighted by atomic mass is 9.91. The molecule has 0 aliphatic carbocycles. The minimum atomic E-state index is -3.52. The smallest absolute Gasteiger partial charge is 0.243 e. The highest BCUT2D eigenvalue weighted by Gasteiger charge is 2.31. The van der Waals surface area contributed by atoms with Gasteiger partial charge in [0, 0.05) is 18.0 Å². The molecule has 148 valence electrons. The SMILES string of the molecule is CC1Sc2cc(S(=O)(=O)N3CCC(Cc4ccccc4)CC3)ccc2NC1=O. The normalized spacial score (nSPS) is 21.2. The van der Waals surface area contributed by atoms with E-state index in [2.05, 4.69) is 17.4 Å². The van der Waals surface area contributed by atoms with Gasteiger partial charge in [0.1, 0.15) is 0 Å². The zero-order chi connectivity index (χ0) is 19.7. The average Bonchev–Trinajstić information content (AvgIpc) is 2.70. The fraction of sp³-hybridized carbons (Fsp3) is 0.381. The van der Waals surface area contributed by atoms with Gasteiger partial charge in [-0.15, -0.1) is 11.8 Å². The zero-order valence-electron chi connectivity index (χ0n) is 15.8. The van der Waals surface area contributed by atoms with E-state index in [-0.39, 0.29) is 11.2 Å². The van der Waals surface area contributed by atoms with Gasteiger partial charge in [0.25, 0.3) is 0 Å². The van der Waals surface area contributed by atoms with E-state index in [9.17, 15) is 13.2 Å². The highest BCUT2D eigenvalue weighted by atomic mass is 32.2. The lowest BCUT2D eigenvalue weighted by Gasteiger charge is -2.31. The first-order chi connectivity index (χ1) is 13.4. The summed E-state index contributed by atoms with van der Waals surface area (Å²) in [5.41, 5.74) is 2.00. The summed E-state index contributed by atoms with van der Waals surface area (Å²) in [5.74, 6) is 0.470. The summed E-state index contributed by atoms with van der Waals surface area (Å²) in [6, 6.07) is 15.4. The predicted octanol–water partition coefficient (Wildman–Crippen LogP) is 3.76. The van der Waals surface area contributed by atoms with Crippen LogP contribution < -0.4 is 5.32 Å². The molecule has 0 spiro atoms. The topological polar surface area (TPSA) is 66.5 Å². The molecule has 1 saturated heterocycles. The van der Waals surface area contributed by atoms with Gasteiger partial charge in [0.15, 0.2) is 0 Å². The van der Waals surface area contributed by atoms with E-state index in [1.165, 1.54) is 17.3 Å². The van der Waals surface area contributed by atoms with E-state index < -0.39 is 10.0 Å². The fourth-order valence-corrected chi connectivity index (χ4v) is 6.35. The first-order valence-electron chi connectivity index (χ1n) is 9.59. The second-order valence-corrected chi connectivity index (χ2v) is 10.8. The standard InChI is InChI=1S/C21H24N2O3S2/c1-15-21(24)22-19-8-7-18(14-20(19)27-15)28(25,26)23-11-9-17(10-12-23)13-16-5-3-2-4-6-16/h2-8,14-15,17H,9-13H2,1H3,(H,22,24). The van der Waals surface area contributed by atoms with E-state index in [4.69, 9.17) is 0 Å². The third kappa shape index (κ3) is 3.97. The minimum absolute atomic E-state index is 0.0476. The Bertz CT molecular complexity index is 968. The first kappa shape index (κ1) is 19.5. The maximum absolute atomic E-state index is 13.1. The molecule has 0 saturated carbocycles. The van der Waals surface area contributed by atoms with Crippen LogP contribution in [-0.2, 0) is 21.2 Å². The number of benzene rings is 2. The maximum Gasteiger partial charge on any atom is 0.243 e. The number of rotatable bonds is 4. The average molecular weight is 417 g/mol. The largest absolute Gasteiger partial charge is 0.324 e. The number of piperidine rings is 1. The number of nitrogens with zero attached hydrogens (tertiary/aromatic N) is 1. The molecule has 2 heterocycles. The summed E-state index contributed by atoms with van der Waals surface area (Å²) in [6.45, 7) is 2.93. The van der Waals surface area contributed by atoms with Crippen molar-refractivity contribution in [2.45, 2.75) is 41.2 Å². The molecule has 2 aromatic carbocycles. The molecule has 7 heteroatoms. The Balaban J connectivity index is 1.45. The van der Waals surface area contributed by atoms with Crippen molar-refractivity contribution in [3.8, 4) is 0 Å². The van der Waals surface area contributed by atoms with Crippen LogP contribution in [0.5, 0.6) is 0 Å². The van der Waals surface area contributed by atoms with Crippen molar-refractivity contribution >= 4 is 33.4 Å². The maximum atomic E-state index is 13.1. The lowest BCUT2D eigenvalue weighted by molar-refractivity contribution is -0.115. The van der Waals surface area contributed by atoms with Gasteiger partial charge in [-0.25, -0.2) is 8.42 Å². The molecule has 1 unspecified atom stereocenters. The van der Waals surface area contributed by atoms with Crippen LogP contribution in [0.4, 0.5) is 5.69 Å².